The molecule has 1 aromatic carbocycles. The SMILES string of the molecule is COc1ccc(C)c(NC(=O)NC2(C(=O)O)CC2)c1. The topological polar surface area (TPSA) is 87.7 Å². The van der Waals surface area contributed by atoms with Crippen molar-refractivity contribution in [3.63, 3.8) is 0 Å². The van der Waals surface area contributed by atoms with Crippen molar-refractivity contribution >= 4 is 17.7 Å². The number of benzene rings is 1. The minimum atomic E-state index is -1.09. The lowest BCUT2D eigenvalue weighted by molar-refractivity contribution is -0.140. The van der Waals surface area contributed by atoms with Gasteiger partial charge in [-0.2, -0.15) is 0 Å². The number of anilines is 1. The van der Waals surface area contributed by atoms with E-state index in [0.717, 1.165) is 5.56 Å². The first-order chi connectivity index (χ1) is 8.97. The highest BCUT2D eigenvalue weighted by atomic mass is 16.5. The van der Waals surface area contributed by atoms with Gasteiger partial charge < -0.3 is 20.5 Å². The molecule has 2 rings (SSSR count). The molecule has 1 saturated carbocycles. The predicted molar refractivity (Wildman–Crippen MR) is 69.5 cm³/mol. The number of urea groups is 1. The van der Waals surface area contributed by atoms with E-state index in [9.17, 15) is 9.59 Å². The lowest BCUT2D eigenvalue weighted by atomic mass is 10.2. The molecule has 0 atom stereocenters. The summed E-state index contributed by atoms with van der Waals surface area (Å²) in [5.41, 5.74) is 0.380. The number of hydrogen-bond acceptors (Lipinski definition) is 3. The van der Waals surface area contributed by atoms with E-state index in [4.69, 9.17) is 9.84 Å². The molecule has 1 aliphatic rings. The molecule has 6 heteroatoms. The van der Waals surface area contributed by atoms with Gasteiger partial charge in [0.2, 0.25) is 0 Å². The van der Waals surface area contributed by atoms with E-state index < -0.39 is 17.5 Å². The second-order valence-corrected chi connectivity index (χ2v) is 4.65. The summed E-state index contributed by atoms with van der Waals surface area (Å²) in [6, 6.07) is 4.78. The average Bonchev–Trinajstić information content (AvgIpc) is 3.13. The zero-order valence-corrected chi connectivity index (χ0v) is 10.8. The molecule has 0 saturated heterocycles. The lowest BCUT2D eigenvalue weighted by Crippen LogP contribution is -2.45. The summed E-state index contributed by atoms with van der Waals surface area (Å²) in [6.45, 7) is 1.85. The largest absolute Gasteiger partial charge is 0.497 e. The molecule has 0 aromatic heterocycles. The highest BCUT2D eigenvalue weighted by Crippen LogP contribution is 2.35. The molecule has 0 radical (unpaired) electrons. The Morgan fingerprint density at radius 3 is 2.58 bits per heavy atom. The number of carboxylic acids is 1. The fourth-order valence-corrected chi connectivity index (χ4v) is 1.75. The first-order valence-corrected chi connectivity index (χ1v) is 5.94. The van der Waals surface area contributed by atoms with Crippen molar-refractivity contribution in [3.05, 3.63) is 23.8 Å². The van der Waals surface area contributed by atoms with E-state index in [0.29, 0.717) is 24.3 Å². The Morgan fingerprint density at radius 2 is 2.05 bits per heavy atom. The quantitative estimate of drug-likeness (QED) is 0.773. The number of carbonyl (C=O) groups is 2. The Hall–Kier alpha value is -2.24. The molecule has 19 heavy (non-hydrogen) atoms. The summed E-state index contributed by atoms with van der Waals surface area (Å²) >= 11 is 0. The fourth-order valence-electron chi connectivity index (χ4n) is 1.75. The van der Waals surface area contributed by atoms with E-state index in [-0.39, 0.29) is 0 Å². The number of nitrogens with one attached hydrogen (secondary N) is 2. The van der Waals surface area contributed by atoms with Gasteiger partial charge in [0.05, 0.1) is 7.11 Å². The maximum atomic E-state index is 11.8. The third kappa shape index (κ3) is 2.78. The first-order valence-electron chi connectivity index (χ1n) is 5.94. The fraction of sp³-hybridized carbons (Fsp3) is 0.385. The van der Waals surface area contributed by atoms with Crippen LogP contribution in [0.2, 0.25) is 0 Å². The maximum Gasteiger partial charge on any atom is 0.329 e. The molecule has 0 aliphatic heterocycles. The number of rotatable bonds is 4. The van der Waals surface area contributed by atoms with Crippen molar-refractivity contribution in [2.24, 2.45) is 0 Å². The summed E-state index contributed by atoms with van der Waals surface area (Å²) in [4.78, 5) is 22.8. The monoisotopic (exact) mass is 264 g/mol. The number of carbonyl (C=O) groups excluding carboxylic acids is 1. The summed E-state index contributed by atoms with van der Waals surface area (Å²) < 4.78 is 5.08. The van der Waals surface area contributed by atoms with Crippen molar-refractivity contribution in [1.82, 2.24) is 5.32 Å². The van der Waals surface area contributed by atoms with Gasteiger partial charge in [-0.15, -0.1) is 0 Å². The van der Waals surface area contributed by atoms with Gasteiger partial charge in [0, 0.05) is 11.8 Å². The van der Waals surface area contributed by atoms with Crippen molar-refractivity contribution in [2.75, 3.05) is 12.4 Å². The third-order valence-electron chi connectivity index (χ3n) is 3.21. The minimum absolute atomic E-state index is 0.465. The highest BCUT2D eigenvalue weighted by Gasteiger charge is 2.51. The molecule has 0 heterocycles. The van der Waals surface area contributed by atoms with E-state index in [1.165, 1.54) is 7.11 Å². The Kier molecular flexibility index (Phi) is 3.33. The van der Waals surface area contributed by atoms with Crippen molar-refractivity contribution in [3.8, 4) is 5.75 Å². The summed E-state index contributed by atoms with van der Waals surface area (Å²) in [6.07, 6.45) is 0.930. The van der Waals surface area contributed by atoms with Crippen LogP contribution < -0.4 is 15.4 Å². The second-order valence-electron chi connectivity index (χ2n) is 4.65. The van der Waals surface area contributed by atoms with Gasteiger partial charge in [-0.1, -0.05) is 6.07 Å². The number of aliphatic carboxylic acids is 1. The van der Waals surface area contributed by atoms with Crippen LogP contribution in [0.1, 0.15) is 18.4 Å². The summed E-state index contributed by atoms with van der Waals surface area (Å²) in [7, 11) is 1.54. The van der Waals surface area contributed by atoms with Gasteiger partial charge in [0.25, 0.3) is 0 Å². The van der Waals surface area contributed by atoms with E-state index in [1.807, 2.05) is 13.0 Å². The number of aryl methyl sites for hydroxylation is 1. The number of hydrogen-bond donors (Lipinski definition) is 3. The molecule has 1 fully saturated rings. The van der Waals surface area contributed by atoms with Crippen LogP contribution in [0, 0.1) is 6.92 Å². The molecular formula is C13H16N2O4. The van der Waals surface area contributed by atoms with Crippen LogP contribution in [0.3, 0.4) is 0 Å². The highest BCUT2D eigenvalue weighted by molar-refractivity contribution is 5.95. The van der Waals surface area contributed by atoms with Crippen molar-refractivity contribution in [1.29, 1.82) is 0 Å². The number of carboxylic acid groups (broad SMARTS) is 1. The zero-order chi connectivity index (χ0) is 14.0. The van der Waals surface area contributed by atoms with Crippen LogP contribution in [0.15, 0.2) is 18.2 Å². The molecule has 102 valence electrons. The van der Waals surface area contributed by atoms with Crippen LogP contribution in [-0.2, 0) is 4.79 Å². The van der Waals surface area contributed by atoms with Crippen LogP contribution >= 0.6 is 0 Å². The summed E-state index contributed by atoms with van der Waals surface area (Å²) in [5.74, 6) is -0.370. The van der Waals surface area contributed by atoms with Gasteiger partial charge in [0.1, 0.15) is 11.3 Å². The molecule has 1 aliphatic carbocycles. The standard InChI is InChI=1S/C13H16N2O4/c1-8-3-4-9(19-2)7-10(8)14-12(18)15-13(5-6-13)11(16)17/h3-4,7H,5-6H2,1-2H3,(H,16,17)(H2,14,15,18). The average molecular weight is 264 g/mol. The Balaban J connectivity index is 2.05. The van der Waals surface area contributed by atoms with Gasteiger partial charge in [-0.05, 0) is 31.4 Å². The smallest absolute Gasteiger partial charge is 0.329 e. The Labute approximate surface area is 110 Å². The normalized spacial score (nSPS) is 15.5. The van der Waals surface area contributed by atoms with E-state index in [1.54, 1.807) is 12.1 Å². The number of amides is 2. The molecule has 0 spiro atoms. The van der Waals surface area contributed by atoms with Crippen LogP contribution in [0.5, 0.6) is 5.75 Å². The number of methoxy groups -OCH3 is 1. The Bertz CT molecular complexity index is 523. The first kappa shape index (κ1) is 13.2. The molecule has 3 N–H and O–H groups in total. The minimum Gasteiger partial charge on any atom is -0.497 e. The molecule has 6 nitrogen and oxygen atoms in total. The summed E-state index contributed by atoms with van der Waals surface area (Å²) in [5, 5.41) is 14.1. The van der Waals surface area contributed by atoms with Gasteiger partial charge in [-0.25, -0.2) is 9.59 Å². The van der Waals surface area contributed by atoms with Gasteiger partial charge in [0.15, 0.2) is 0 Å². The van der Waals surface area contributed by atoms with Gasteiger partial charge >= 0.3 is 12.0 Å². The van der Waals surface area contributed by atoms with Crippen LogP contribution in [0.4, 0.5) is 10.5 Å². The maximum absolute atomic E-state index is 11.8. The molecule has 0 bridgehead atoms. The zero-order valence-electron chi connectivity index (χ0n) is 10.8. The molecule has 2 amide bonds. The molecular weight excluding hydrogens is 248 g/mol. The lowest BCUT2D eigenvalue weighted by Gasteiger charge is -2.15. The molecule has 1 aromatic rings. The van der Waals surface area contributed by atoms with E-state index >= 15 is 0 Å². The van der Waals surface area contributed by atoms with E-state index in [2.05, 4.69) is 10.6 Å². The van der Waals surface area contributed by atoms with Crippen molar-refractivity contribution < 1.29 is 19.4 Å². The second kappa shape index (κ2) is 4.79. The number of ether oxygens (including phenoxy) is 1. The Morgan fingerprint density at radius 1 is 1.37 bits per heavy atom. The van der Waals surface area contributed by atoms with Crippen LogP contribution in [0.25, 0.3) is 0 Å². The molecule has 0 unspecified atom stereocenters. The van der Waals surface area contributed by atoms with Crippen LogP contribution in [-0.4, -0.2) is 29.8 Å². The van der Waals surface area contributed by atoms with Gasteiger partial charge in [-0.3, -0.25) is 0 Å². The predicted octanol–water partition coefficient (Wildman–Crippen LogP) is 1.74. The van der Waals surface area contributed by atoms with Crippen molar-refractivity contribution in [2.45, 2.75) is 25.3 Å². The third-order valence-corrected chi connectivity index (χ3v) is 3.21.